The Morgan fingerprint density at radius 1 is 1.09 bits per heavy atom. The Balaban J connectivity index is 1.79. The van der Waals surface area contributed by atoms with Crippen molar-refractivity contribution in [3.63, 3.8) is 0 Å². The van der Waals surface area contributed by atoms with Gasteiger partial charge >= 0.3 is 0 Å². The number of nitrogens with one attached hydrogen (secondary N) is 2. The predicted octanol–water partition coefficient (Wildman–Crippen LogP) is 0.893. The van der Waals surface area contributed by atoms with Gasteiger partial charge in [-0.1, -0.05) is 18.2 Å². The molecule has 4 N–H and O–H groups in total. The zero-order valence-electron chi connectivity index (χ0n) is 11.7. The fraction of sp³-hybridized carbons (Fsp3) is 0.133. The van der Waals surface area contributed by atoms with Crippen molar-refractivity contribution in [3.8, 4) is 0 Å². The fourth-order valence-electron chi connectivity index (χ4n) is 1.75. The van der Waals surface area contributed by atoms with E-state index in [2.05, 4.69) is 10.6 Å². The Labute approximate surface area is 131 Å². The molecule has 1 heterocycles. The minimum Gasteiger partial charge on any atom is -0.366 e. The quantitative estimate of drug-likeness (QED) is 0.737. The van der Waals surface area contributed by atoms with Gasteiger partial charge in [-0.15, -0.1) is 11.3 Å². The highest BCUT2D eigenvalue weighted by Crippen LogP contribution is 2.07. The number of hydrogen-bond acceptors (Lipinski definition) is 4. The van der Waals surface area contributed by atoms with E-state index in [0.29, 0.717) is 10.4 Å². The van der Waals surface area contributed by atoms with E-state index >= 15 is 0 Å². The number of thiophene rings is 1. The summed E-state index contributed by atoms with van der Waals surface area (Å²) in [6.07, 6.45) is 0. The van der Waals surface area contributed by atoms with Crippen molar-refractivity contribution in [2.45, 2.75) is 6.54 Å². The smallest absolute Gasteiger partial charge is 0.261 e. The van der Waals surface area contributed by atoms with Crippen LogP contribution in [0.2, 0.25) is 0 Å². The highest BCUT2D eigenvalue weighted by molar-refractivity contribution is 7.12. The Morgan fingerprint density at radius 3 is 2.59 bits per heavy atom. The van der Waals surface area contributed by atoms with E-state index in [1.54, 1.807) is 41.8 Å². The van der Waals surface area contributed by atoms with E-state index in [1.807, 2.05) is 0 Å². The minimum absolute atomic E-state index is 0.105. The maximum absolute atomic E-state index is 11.7. The average molecular weight is 317 g/mol. The molecule has 0 fully saturated rings. The molecule has 114 valence electrons. The van der Waals surface area contributed by atoms with Crippen LogP contribution in [0.25, 0.3) is 0 Å². The van der Waals surface area contributed by atoms with E-state index in [4.69, 9.17) is 5.73 Å². The summed E-state index contributed by atoms with van der Waals surface area (Å²) in [6.45, 7) is 0.154. The Morgan fingerprint density at radius 2 is 1.91 bits per heavy atom. The van der Waals surface area contributed by atoms with Crippen LogP contribution in [0.5, 0.6) is 0 Å². The van der Waals surface area contributed by atoms with Gasteiger partial charge in [0.15, 0.2) is 0 Å². The van der Waals surface area contributed by atoms with Crippen molar-refractivity contribution < 1.29 is 14.4 Å². The predicted molar refractivity (Wildman–Crippen MR) is 83.5 cm³/mol. The summed E-state index contributed by atoms with van der Waals surface area (Å²) in [7, 11) is 0. The van der Waals surface area contributed by atoms with Gasteiger partial charge in [-0.05, 0) is 29.1 Å². The molecule has 22 heavy (non-hydrogen) atoms. The molecule has 0 saturated heterocycles. The van der Waals surface area contributed by atoms with E-state index in [0.717, 1.165) is 5.56 Å². The second kappa shape index (κ2) is 7.37. The number of nitrogens with two attached hydrogens (primary N) is 1. The number of amides is 3. The van der Waals surface area contributed by atoms with Crippen molar-refractivity contribution in [3.05, 3.63) is 57.8 Å². The van der Waals surface area contributed by atoms with Crippen LogP contribution in [0.1, 0.15) is 25.6 Å². The molecule has 0 spiro atoms. The van der Waals surface area contributed by atoms with Crippen LogP contribution >= 0.6 is 11.3 Å². The lowest BCUT2D eigenvalue weighted by atomic mass is 10.1. The maximum Gasteiger partial charge on any atom is 0.261 e. The molecular formula is C15H15N3O3S. The summed E-state index contributed by atoms with van der Waals surface area (Å²) in [4.78, 5) is 35.0. The zero-order chi connectivity index (χ0) is 15.9. The molecular weight excluding hydrogens is 302 g/mol. The number of carbonyl (C=O) groups excluding carboxylic acids is 3. The molecule has 0 aliphatic carbocycles. The first-order valence-electron chi connectivity index (χ1n) is 6.53. The molecule has 2 rings (SSSR count). The van der Waals surface area contributed by atoms with Crippen molar-refractivity contribution in [1.29, 1.82) is 0 Å². The van der Waals surface area contributed by atoms with Gasteiger partial charge in [0.05, 0.1) is 11.4 Å². The van der Waals surface area contributed by atoms with Gasteiger partial charge in [0.2, 0.25) is 11.8 Å². The molecule has 6 nitrogen and oxygen atoms in total. The van der Waals surface area contributed by atoms with Gasteiger partial charge in [-0.3, -0.25) is 14.4 Å². The van der Waals surface area contributed by atoms with Crippen LogP contribution in [-0.4, -0.2) is 24.3 Å². The van der Waals surface area contributed by atoms with Gasteiger partial charge in [0.25, 0.3) is 5.91 Å². The van der Waals surface area contributed by atoms with E-state index in [-0.39, 0.29) is 24.9 Å². The first-order chi connectivity index (χ1) is 10.6. The van der Waals surface area contributed by atoms with Gasteiger partial charge in [-0.25, -0.2) is 0 Å². The summed E-state index contributed by atoms with van der Waals surface area (Å²) in [6, 6.07) is 10.2. The van der Waals surface area contributed by atoms with Crippen LogP contribution < -0.4 is 16.4 Å². The summed E-state index contributed by atoms with van der Waals surface area (Å²) < 4.78 is 0. The summed E-state index contributed by atoms with van der Waals surface area (Å²) in [5.41, 5.74) is 6.34. The number of hydrogen-bond donors (Lipinski definition) is 3. The Bertz CT molecular complexity index is 683. The second-order valence-corrected chi connectivity index (χ2v) is 5.45. The second-order valence-electron chi connectivity index (χ2n) is 4.50. The van der Waals surface area contributed by atoms with Crippen molar-refractivity contribution in [1.82, 2.24) is 10.6 Å². The van der Waals surface area contributed by atoms with Crippen LogP contribution in [0.4, 0.5) is 0 Å². The van der Waals surface area contributed by atoms with Crippen LogP contribution in [0, 0.1) is 0 Å². The molecule has 0 radical (unpaired) electrons. The molecule has 0 aliphatic heterocycles. The minimum atomic E-state index is -0.517. The van der Waals surface area contributed by atoms with Crippen molar-refractivity contribution in [2.24, 2.45) is 5.73 Å². The Kier molecular flexibility index (Phi) is 5.26. The van der Waals surface area contributed by atoms with Crippen molar-refractivity contribution in [2.75, 3.05) is 6.54 Å². The molecule has 0 saturated carbocycles. The summed E-state index contributed by atoms with van der Waals surface area (Å²) >= 11 is 1.31. The standard InChI is InChI=1S/C15H15N3O3S/c16-14(20)11-4-1-3-10(7-11)8-17-13(19)9-18-15(21)12-5-2-6-22-12/h1-7H,8-9H2,(H2,16,20)(H,17,19)(H,18,21). The highest BCUT2D eigenvalue weighted by atomic mass is 32.1. The first-order valence-corrected chi connectivity index (χ1v) is 7.41. The van der Waals surface area contributed by atoms with Crippen LogP contribution in [0.3, 0.4) is 0 Å². The summed E-state index contributed by atoms with van der Waals surface area (Å²) in [5.74, 6) is -1.10. The lowest BCUT2D eigenvalue weighted by molar-refractivity contribution is -0.120. The Hall–Kier alpha value is -2.67. The van der Waals surface area contributed by atoms with E-state index in [9.17, 15) is 14.4 Å². The number of benzene rings is 1. The number of primary amides is 1. The SMILES string of the molecule is NC(=O)c1cccc(CNC(=O)CNC(=O)c2cccs2)c1. The van der Waals surface area contributed by atoms with Crippen LogP contribution in [-0.2, 0) is 11.3 Å². The average Bonchev–Trinajstić information content (AvgIpc) is 3.05. The maximum atomic E-state index is 11.7. The normalized spacial score (nSPS) is 10.0. The van der Waals surface area contributed by atoms with Gasteiger partial charge in [-0.2, -0.15) is 0 Å². The van der Waals surface area contributed by atoms with Gasteiger partial charge < -0.3 is 16.4 Å². The van der Waals surface area contributed by atoms with E-state index in [1.165, 1.54) is 11.3 Å². The third-order valence-corrected chi connectivity index (χ3v) is 3.72. The molecule has 0 aliphatic rings. The fourth-order valence-corrected chi connectivity index (χ4v) is 2.39. The largest absolute Gasteiger partial charge is 0.366 e. The molecule has 0 atom stereocenters. The van der Waals surface area contributed by atoms with Gasteiger partial charge in [0.1, 0.15) is 0 Å². The monoisotopic (exact) mass is 317 g/mol. The number of carbonyl (C=O) groups is 3. The third-order valence-electron chi connectivity index (χ3n) is 2.86. The molecule has 2 aromatic rings. The lowest BCUT2D eigenvalue weighted by Gasteiger charge is -2.07. The van der Waals surface area contributed by atoms with Crippen LogP contribution in [0.15, 0.2) is 41.8 Å². The zero-order valence-corrected chi connectivity index (χ0v) is 12.5. The molecule has 3 amide bonds. The number of rotatable bonds is 6. The molecule has 1 aromatic carbocycles. The van der Waals surface area contributed by atoms with Crippen molar-refractivity contribution >= 4 is 29.1 Å². The topological polar surface area (TPSA) is 101 Å². The summed E-state index contributed by atoms with van der Waals surface area (Å²) in [5, 5.41) is 6.99. The molecule has 1 aromatic heterocycles. The van der Waals surface area contributed by atoms with E-state index < -0.39 is 5.91 Å². The molecule has 0 unspecified atom stereocenters. The highest BCUT2D eigenvalue weighted by Gasteiger charge is 2.08. The molecule has 0 bridgehead atoms. The molecule has 7 heteroatoms. The lowest BCUT2D eigenvalue weighted by Crippen LogP contribution is -2.36. The first kappa shape index (κ1) is 15.7. The third kappa shape index (κ3) is 4.42. The van der Waals surface area contributed by atoms with Gasteiger partial charge in [0, 0.05) is 12.1 Å².